The number of hydrogen-bond acceptors (Lipinski definition) is 4. The average molecular weight is 292 g/mol. The van der Waals surface area contributed by atoms with Crippen molar-refractivity contribution in [1.82, 2.24) is 10.1 Å². The lowest BCUT2D eigenvalue weighted by atomic mass is 9.94. The first-order valence-electron chi connectivity index (χ1n) is 6.78. The van der Waals surface area contributed by atoms with E-state index >= 15 is 0 Å². The Morgan fingerprint density at radius 3 is 2.41 bits per heavy atom. The van der Waals surface area contributed by atoms with E-state index in [1.807, 2.05) is 37.3 Å². The fraction of sp³-hybridized carbons (Fsp3) is 0.118. The van der Waals surface area contributed by atoms with Crippen molar-refractivity contribution in [2.45, 2.75) is 13.8 Å². The Kier molecular flexibility index (Phi) is 3.47. The number of carbonyl (C=O) groups excluding carboxylic acids is 1. The lowest BCUT2D eigenvalue weighted by Crippen LogP contribution is -2.13. The number of amides is 1. The van der Waals surface area contributed by atoms with Gasteiger partial charge in [-0.25, -0.2) is 0 Å². The summed E-state index contributed by atoms with van der Waals surface area (Å²) in [6.45, 7) is 3.70. The third-order valence-corrected chi connectivity index (χ3v) is 3.40. The molecule has 1 aromatic heterocycles. The molecule has 0 saturated heterocycles. The summed E-state index contributed by atoms with van der Waals surface area (Å²) in [7, 11) is 0. The fourth-order valence-electron chi connectivity index (χ4n) is 2.36. The highest BCUT2D eigenvalue weighted by Crippen LogP contribution is 2.29. The third-order valence-electron chi connectivity index (χ3n) is 3.40. The molecule has 109 valence electrons. The van der Waals surface area contributed by atoms with E-state index in [0.717, 1.165) is 22.3 Å². The molecule has 3 rings (SSSR count). The molecule has 0 bridgehead atoms. The number of hydrogen-bond donors (Lipinski definition) is 1. The van der Waals surface area contributed by atoms with E-state index in [-0.39, 0.29) is 0 Å². The summed E-state index contributed by atoms with van der Waals surface area (Å²) in [5.74, 6) is 0.564. The number of benzene rings is 2. The molecule has 2 aromatic carbocycles. The molecule has 0 spiro atoms. The van der Waals surface area contributed by atoms with Crippen LogP contribution in [-0.2, 0) is 0 Å². The number of aromatic nitrogens is 2. The molecular formula is C17H14N3O2. The molecule has 22 heavy (non-hydrogen) atoms. The zero-order chi connectivity index (χ0) is 15.7. The Balaban J connectivity index is 2.06. The predicted molar refractivity (Wildman–Crippen MR) is 82.0 cm³/mol. The van der Waals surface area contributed by atoms with Crippen molar-refractivity contribution in [1.29, 1.82) is 0 Å². The van der Waals surface area contributed by atoms with Gasteiger partial charge in [0.15, 0.2) is 5.82 Å². The molecule has 1 heterocycles. The smallest absolute Gasteiger partial charge is 0.257 e. The lowest BCUT2D eigenvalue weighted by molar-refractivity contribution is 0.100. The summed E-state index contributed by atoms with van der Waals surface area (Å²) >= 11 is 0. The van der Waals surface area contributed by atoms with E-state index in [0.29, 0.717) is 17.3 Å². The monoisotopic (exact) mass is 292 g/mol. The fourth-order valence-corrected chi connectivity index (χ4v) is 2.36. The van der Waals surface area contributed by atoms with Gasteiger partial charge in [-0.1, -0.05) is 29.4 Å². The summed E-state index contributed by atoms with van der Waals surface area (Å²) in [5.41, 5.74) is 9.31. The van der Waals surface area contributed by atoms with Gasteiger partial charge in [0.1, 0.15) is 0 Å². The number of nitrogens with zero attached hydrogens (tertiary/aromatic N) is 2. The molecule has 1 radical (unpaired) electrons. The van der Waals surface area contributed by atoms with Crippen molar-refractivity contribution in [3.05, 3.63) is 59.4 Å². The van der Waals surface area contributed by atoms with E-state index in [2.05, 4.69) is 16.2 Å². The van der Waals surface area contributed by atoms with Gasteiger partial charge < -0.3 is 10.3 Å². The van der Waals surface area contributed by atoms with Crippen LogP contribution in [0.5, 0.6) is 0 Å². The van der Waals surface area contributed by atoms with E-state index in [1.54, 1.807) is 13.0 Å². The van der Waals surface area contributed by atoms with Gasteiger partial charge in [-0.3, -0.25) is 4.79 Å². The molecule has 3 aromatic rings. The van der Waals surface area contributed by atoms with Gasteiger partial charge in [0.05, 0.1) is 5.56 Å². The number of carbonyl (C=O) groups is 1. The van der Waals surface area contributed by atoms with Crippen molar-refractivity contribution >= 4 is 5.91 Å². The van der Waals surface area contributed by atoms with Crippen LogP contribution in [0, 0.1) is 19.9 Å². The molecule has 0 saturated carbocycles. The van der Waals surface area contributed by atoms with E-state index in [9.17, 15) is 4.79 Å². The third kappa shape index (κ3) is 2.48. The molecule has 0 aliphatic carbocycles. The summed E-state index contributed by atoms with van der Waals surface area (Å²) in [6.07, 6.45) is 0. The molecule has 0 unspecified atom stereocenters. The highest BCUT2D eigenvalue weighted by molar-refractivity contribution is 6.00. The maximum absolute atomic E-state index is 11.6. The van der Waals surface area contributed by atoms with E-state index < -0.39 is 5.91 Å². The number of aryl methyl sites for hydroxylation is 2. The van der Waals surface area contributed by atoms with Crippen LogP contribution < -0.4 is 5.73 Å². The van der Waals surface area contributed by atoms with Crippen LogP contribution >= 0.6 is 0 Å². The molecule has 5 heteroatoms. The quantitative estimate of drug-likeness (QED) is 0.804. The van der Waals surface area contributed by atoms with Gasteiger partial charge in [-0.15, -0.1) is 0 Å². The first kappa shape index (κ1) is 14.0. The minimum atomic E-state index is -0.490. The van der Waals surface area contributed by atoms with Crippen LogP contribution in [-0.4, -0.2) is 16.0 Å². The van der Waals surface area contributed by atoms with Gasteiger partial charge in [0.2, 0.25) is 5.91 Å². The van der Waals surface area contributed by atoms with Crippen LogP contribution in [0.15, 0.2) is 40.9 Å². The van der Waals surface area contributed by atoms with Crippen molar-refractivity contribution in [2.24, 2.45) is 5.73 Å². The molecular weight excluding hydrogens is 278 g/mol. The molecule has 5 nitrogen and oxygen atoms in total. The Bertz CT molecular complexity index is 835. The predicted octanol–water partition coefficient (Wildman–Crippen LogP) is 2.92. The first-order valence-corrected chi connectivity index (χ1v) is 6.78. The minimum absolute atomic E-state index is 0.390. The molecule has 1 amide bonds. The largest absolute Gasteiger partial charge is 0.366 e. The molecule has 0 aliphatic heterocycles. The topological polar surface area (TPSA) is 82.0 Å². The molecule has 0 fully saturated rings. The SMILES string of the molecule is Cc1noc(-c2ccc(-c3c(C(N)=O)[c]ccc3C)cc2)n1. The maximum atomic E-state index is 11.6. The molecule has 2 N–H and O–H groups in total. The van der Waals surface area contributed by atoms with Crippen molar-refractivity contribution < 1.29 is 9.32 Å². The minimum Gasteiger partial charge on any atom is -0.366 e. The summed E-state index contributed by atoms with van der Waals surface area (Å²) in [5, 5.41) is 3.77. The zero-order valence-electron chi connectivity index (χ0n) is 12.3. The van der Waals surface area contributed by atoms with Gasteiger partial charge >= 0.3 is 0 Å². The Morgan fingerprint density at radius 1 is 1.14 bits per heavy atom. The van der Waals surface area contributed by atoms with Crippen LogP contribution in [0.2, 0.25) is 0 Å². The average Bonchev–Trinajstić information content (AvgIpc) is 2.94. The van der Waals surface area contributed by atoms with Gasteiger partial charge in [0.25, 0.3) is 5.89 Å². The maximum Gasteiger partial charge on any atom is 0.257 e. The summed E-state index contributed by atoms with van der Waals surface area (Å²) in [6, 6.07) is 14.1. The summed E-state index contributed by atoms with van der Waals surface area (Å²) in [4.78, 5) is 15.8. The van der Waals surface area contributed by atoms with Crippen molar-refractivity contribution in [2.75, 3.05) is 0 Å². The molecule has 0 atom stereocenters. The van der Waals surface area contributed by atoms with Gasteiger partial charge in [-0.05, 0) is 48.7 Å². The number of nitrogens with two attached hydrogens (primary N) is 1. The van der Waals surface area contributed by atoms with Crippen molar-refractivity contribution in [3.63, 3.8) is 0 Å². The Hall–Kier alpha value is -2.95. The van der Waals surface area contributed by atoms with E-state index in [4.69, 9.17) is 10.3 Å². The molecule has 0 aliphatic rings. The van der Waals surface area contributed by atoms with E-state index in [1.165, 1.54) is 0 Å². The van der Waals surface area contributed by atoms with Crippen LogP contribution in [0.25, 0.3) is 22.6 Å². The number of primary amides is 1. The van der Waals surface area contributed by atoms with Gasteiger partial charge in [0, 0.05) is 5.56 Å². The van der Waals surface area contributed by atoms with Crippen LogP contribution in [0.4, 0.5) is 0 Å². The van der Waals surface area contributed by atoms with Gasteiger partial charge in [-0.2, -0.15) is 4.98 Å². The standard InChI is InChI=1S/C17H14N3O2/c1-10-4-3-5-14(16(18)21)15(10)12-6-8-13(9-7-12)17-19-11(2)20-22-17/h3-4,6-9H,1-2H3,(H2,18,21). The highest BCUT2D eigenvalue weighted by Gasteiger charge is 2.13. The first-order chi connectivity index (χ1) is 10.6. The number of rotatable bonds is 3. The van der Waals surface area contributed by atoms with Crippen LogP contribution in [0.1, 0.15) is 21.7 Å². The lowest BCUT2D eigenvalue weighted by Gasteiger charge is -2.10. The highest BCUT2D eigenvalue weighted by atomic mass is 16.5. The Morgan fingerprint density at radius 2 is 1.82 bits per heavy atom. The van der Waals surface area contributed by atoms with Crippen LogP contribution in [0.3, 0.4) is 0 Å². The summed E-state index contributed by atoms with van der Waals surface area (Å²) < 4.78 is 5.14. The second kappa shape index (κ2) is 5.44. The Labute approximate surface area is 127 Å². The zero-order valence-corrected chi connectivity index (χ0v) is 12.3. The normalized spacial score (nSPS) is 10.6. The second-order valence-corrected chi connectivity index (χ2v) is 5.00. The van der Waals surface area contributed by atoms with Crippen molar-refractivity contribution in [3.8, 4) is 22.6 Å². The second-order valence-electron chi connectivity index (χ2n) is 5.00.